The number of ketones is 1. The molecule has 1 N–H and O–H groups in total. The maximum Gasteiger partial charge on any atom is 0.408 e. The fourth-order valence-corrected chi connectivity index (χ4v) is 4.88. The Balaban J connectivity index is 2.33. The Hall–Kier alpha value is -1.79. The van der Waals surface area contributed by atoms with Crippen LogP contribution in [-0.2, 0) is 9.54 Å². The first-order valence-electron chi connectivity index (χ1n) is 7.37. The van der Waals surface area contributed by atoms with E-state index in [4.69, 9.17) is 0 Å². The van der Waals surface area contributed by atoms with E-state index in [1.54, 1.807) is 30.3 Å². The van der Waals surface area contributed by atoms with Gasteiger partial charge in [-0.25, -0.2) is 0 Å². The summed E-state index contributed by atoms with van der Waals surface area (Å²) >= 11 is 0.599. The lowest BCUT2D eigenvalue weighted by atomic mass is 9.76. The topological polar surface area (TPSA) is 37.3 Å². The third-order valence-corrected chi connectivity index (χ3v) is 5.96. The number of fused-ring (bicyclic) bond motifs is 1. The molecule has 126 valence electrons. The molecule has 0 saturated heterocycles. The van der Waals surface area contributed by atoms with Gasteiger partial charge in [-0.15, -0.1) is 11.8 Å². The average molecular weight is 352 g/mol. The van der Waals surface area contributed by atoms with Gasteiger partial charge in [0.25, 0.3) is 0 Å². The van der Waals surface area contributed by atoms with Crippen molar-refractivity contribution in [2.45, 2.75) is 28.8 Å². The minimum Gasteiger partial charge on any atom is -0.388 e. The third-order valence-electron chi connectivity index (χ3n) is 4.32. The van der Waals surface area contributed by atoms with E-state index in [-0.39, 0.29) is 5.56 Å². The van der Waals surface area contributed by atoms with E-state index in [1.807, 2.05) is 0 Å². The summed E-state index contributed by atoms with van der Waals surface area (Å²) in [5, 5.41) is 10.6. The lowest BCUT2D eigenvalue weighted by Crippen LogP contribution is -2.52. The molecule has 0 bridgehead atoms. The summed E-state index contributed by atoms with van der Waals surface area (Å²) in [5.74, 6) is -2.30. The van der Waals surface area contributed by atoms with Crippen LogP contribution in [0.3, 0.4) is 0 Å². The van der Waals surface area contributed by atoms with Gasteiger partial charge < -0.3 is 5.11 Å². The highest BCUT2D eigenvalue weighted by Gasteiger charge is 2.66. The molecule has 2 aromatic carbocycles. The summed E-state index contributed by atoms with van der Waals surface area (Å²) in [4.78, 5) is 12.5. The van der Waals surface area contributed by atoms with Crippen LogP contribution in [0.2, 0.25) is 0 Å². The summed E-state index contributed by atoms with van der Waals surface area (Å²) in [6, 6.07) is 13.7. The van der Waals surface area contributed by atoms with E-state index in [9.17, 15) is 23.1 Å². The van der Waals surface area contributed by atoms with Crippen molar-refractivity contribution in [3.05, 3.63) is 65.7 Å². The number of rotatable bonds is 2. The van der Waals surface area contributed by atoms with Crippen molar-refractivity contribution in [1.82, 2.24) is 0 Å². The van der Waals surface area contributed by atoms with Crippen LogP contribution in [0.25, 0.3) is 0 Å². The zero-order chi connectivity index (χ0) is 17.5. The van der Waals surface area contributed by atoms with Crippen LogP contribution in [0.5, 0.6) is 0 Å². The predicted octanol–water partition coefficient (Wildman–Crippen LogP) is 4.49. The molecule has 0 saturated carbocycles. The van der Waals surface area contributed by atoms with Crippen LogP contribution >= 0.6 is 11.8 Å². The summed E-state index contributed by atoms with van der Waals surface area (Å²) in [5.41, 5.74) is 0.328. The van der Waals surface area contributed by atoms with E-state index in [2.05, 4.69) is 0 Å². The summed E-state index contributed by atoms with van der Waals surface area (Å²) in [6.07, 6.45) is -6.23. The van der Waals surface area contributed by atoms with E-state index in [0.29, 0.717) is 22.2 Å². The zero-order valence-corrected chi connectivity index (χ0v) is 13.6. The van der Waals surface area contributed by atoms with Gasteiger partial charge in [0.15, 0.2) is 4.75 Å². The van der Waals surface area contributed by atoms with Crippen molar-refractivity contribution in [3.8, 4) is 0 Å². The molecule has 3 atom stereocenters. The summed E-state index contributed by atoms with van der Waals surface area (Å²) < 4.78 is 40.3. The van der Waals surface area contributed by atoms with Gasteiger partial charge in [-0.3, -0.25) is 4.79 Å². The molecule has 0 amide bonds. The lowest BCUT2D eigenvalue weighted by molar-refractivity contribution is -0.189. The molecule has 1 aliphatic rings. The number of alkyl halides is 3. The SMILES string of the molecule is CC(=O)[C@@H]1[C@@H](O)c2ccccc2S[C@@]1(c1ccccc1)C(F)(F)F. The Labute approximate surface area is 141 Å². The van der Waals surface area contributed by atoms with Gasteiger partial charge in [-0.1, -0.05) is 48.5 Å². The first-order valence-corrected chi connectivity index (χ1v) is 8.19. The number of hydrogen-bond acceptors (Lipinski definition) is 3. The second kappa shape index (κ2) is 5.93. The number of halogens is 3. The quantitative estimate of drug-likeness (QED) is 0.865. The smallest absolute Gasteiger partial charge is 0.388 e. The number of thioether (sulfide) groups is 1. The number of aliphatic hydroxyl groups excluding tert-OH is 1. The number of carbonyl (C=O) groups excluding carboxylic acids is 1. The summed E-state index contributed by atoms with van der Waals surface area (Å²) in [6.45, 7) is 1.10. The maximum absolute atomic E-state index is 14.3. The molecule has 2 aromatic rings. The zero-order valence-electron chi connectivity index (χ0n) is 12.7. The van der Waals surface area contributed by atoms with Crippen molar-refractivity contribution in [3.63, 3.8) is 0 Å². The Kier molecular flexibility index (Phi) is 4.21. The second-order valence-corrected chi connectivity index (χ2v) is 7.06. The molecule has 0 fully saturated rings. The predicted molar refractivity (Wildman–Crippen MR) is 85.6 cm³/mol. The maximum atomic E-state index is 14.3. The van der Waals surface area contributed by atoms with Gasteiger partial charge in [0.1, 0.15) is 5.78 Å². The van der Waals surface area contributed by atoms with Gasteiger partial charge in [0, 0.05) is 4.90 Å². The monoisotopic (exact) mass is 352 g/mol. The molecule has 2 nitrogen and oxygen atoms in total. The van der Waals surface area contributed by atoms with E-state index in [1.165, 1.54) is 24.3 Å². The molecule has 0 spiro atoms. The van der Waals surface area contributed by atoms with Crippen molar-refractivity contribution in [2.24, 2.45) is 5.92 Å². The minimum atomic E-state index is -4.72. The van der Waals surface area contributed by atoms with Gasteiger partial charge in [-0.05, 0) is 24.1 Å². The minimum absolute atomic E-state index is 0.0312. The first-order chi connectivity index (χ1) is 11.3. The largest absolute Gasteiger partial charge is 0.408 e. The summed E-state index contributed by atoms with van der Waals surface area (Å²) in [7, 11) is 0. The Morgan fingerprint density at radius 2 is 1.67 bits per heavy atom. The first kappa shape index (κ1) is 17.0. The fourth-order valence-electron chi connectivity index (χ4n) is 3.29. The van der Waals surface area contributed by atoms with Crippen LogP contribution in [0.4, 0.5) is 13.2 Å². The highest BCUT2D eigenvalue weighted by Crippen LogP contribution is 2.63. The Morgan fingerprint density at radius 1 is 1.08 bits per heavy atom. The van der Waals surface area contributed by atoms with E-state index >= 15 is 0 Å². The Morgan fingerprint density at radius 3 is 2.25 bits per heavy atom. The lowest BCUT2D eigenvalue weighted by Gasteiger charge is -2.46. The second-order valence-electron chi connectivity index (χ2n) is 5.77. The number of benzene rings is 2. The highest BCUT2D eigenvalue weighted by atomic mass is 32.2. The molecule has 24 heavy (non-hydrogen) atoms. The van der Waals surface area contributed by atoms with E-state index < -0.39 is 28.7 Å². The fraction of sp³-hybridized carbons (Fsp3) is 0.278. The van der Waals surface area contributed by atoms with Crippen molar-refractivity contribution in [2.75, 3.05) is 0 Å². The molecule has 1 aliphatic heterocycles. The molecule has 0 radical (unpaired) electrons. The van der Waals surface area contributed by atoms with Crippen molar-refractivity contribution < 1.29 is 23.1 Å². The average Bonchev–Trinajstić information content (AvgIpc) is 2.54. The Bertz CT molecular complexity index is 760. The van der Waals surface area contributed by atoms with Crippen molar-refractivity contribution in [1.29, 1.82) is 0 Å². The molecule has 0 aromatic heterocycles. The van der Waals surface area contributed by atoms with Gasteiger partial charge in [-0.2, -0.15) is 13.2 Å². The standard InChI is InChI=1S/C18H15F3O2S/c1-11(22)15-16(23)13-9-5-6-10-14(13)24-17(15,18(19,20)21)12-7-3-2-4-8-12/h2-10,15-16,23H,1H3/t15-,16+,17-/m1/s1. The molecule has 0 unspecified atom stereocenters. The van der Waals surface area contributed by atoms with Gasteiger partial charge >= 0.3 is 6.18 Å². The highest BCUT2D eigenvalue weighted by molar-refractivity contribution is 8.00. The number of aliphatic hydroxyl groups is 1. The molecule has 1 heterocycles. The number of Topliss-reactive ketones (excluding diaryl/α,β-unsaturated/α-hetero) is 1. The van der Waals surface area contributed by atoms with Crippen LogP contribution in [0.15, 0.2) is 59.5 Å². The number of hydrogen-bond donors (Lipinski definition) is 1. The van der Waals surface area contributed by atoms with E-state index in [0.717, 1.165) is 6.92 Å². The molecule has 6 heteroatoms. The van der Waals surface area contributed by atoms with Gasteiger partial charge in [0.2, 0.25) is 0 Å². The number of carbonyl (C=O) groups is 1. The van der Waals surface area contributed by atoms with Crippen LogP contribution in [0.1, 0.15) is 24.2 Å². The van der Waals surface area contributed by atoms with Gasteiger partial charge in [0.05, 0.1) is 12.0 Å². The third kappa shape index (κ3) is 2.45. The molecular weight excluding hydrogens is 337 g/mol. The van der Waals surface area contributed by atoms with Crippen molar-refractivity contribution >= 4 is 17.5 Å². The molecule has 3 rings (SSSR count). The molecule has 0 aliphatic carbocycles. The normalized spacial score (nSPS) is 26.7. The van der Waals surface area contributed by atoms with Crippen LogP contribution < -0.4 is 0 Å². The van der Waals surface area contributed by atoms with Crippen LogP contribution in [0, 0.1) is 5.92 Å². The van der Waals surface area contributed by atoms with Crippen LogP contribution in [-0.4, -0.2) is 17.1 Å². The molecular formula is C18H15F3O2S.